The number of halogens is 2. The van der Waals surface area contributed by atoms with E-state index < -0.39 is 36.8 Å². The van der Waals surface area contributed by atoms with E-state index >= 15 is 0 Å². The second-order valence-electron chi connectivity index (χ2n) is 8.64. The van der Waals surface area contributed by atoms with Crippen molar-refractivity contribution in [3.8, 4) is 11.5 Å². The van der Waals surface area contributed by atoms with Crippen LogP contribution in [0.2, 0.25) is 0 Å². The average molecular weight is 487 g/mol. The fourth-order valence-corrected chi connectivity index (χ4v) is 4.84. The molecule has 0 radical (unpaired) electrons. The highest BCUT2D eigenvalue weighted by atomic mass is 19.3. The van der Waals surface area contributed by atoms with E-state index in [0.717, 1.165) is 30.5 Å². The SMILES string of the molecule is COc1cc(C(=O)COC(=O)C2CCCCC2C(=O)N2CCc3ccccc32)ccc1OC(F)F. The maximum atomic E-state index is 13.4. The average Bonchev–Trinajstić information content (AvgIpc) is 3.30. The zero-order valence-electron chi connectivity index (χ0n) is 19.4. The molecule has 1 amide bonds. The topological polar surface area (TPSA) is 82.1 Å². The van der Waals surface area contributed by atoms with Crippen LogP contribution in [0.3, 0.4) is 0 Å². The molecule has 2 aromatic carbocycles. The first-order chi connectivity index (χ1) is 16.9. The van der Waals surface area contributed by atoms with Crippen molar-refractivity contribution in [1.29, 1.82) is 0 Å². The summed E-state index contributed by atoms with van der Waals surface area (Å²) in [5.41, 5.74) is 2.13. The van der Waals surface area contributed by atoms with E-state index in [4.69, 9.17) is 9.47 Å². The van der Waals surface area contributed by atoms with Gasteiger partial charge in [0.2, 0.25) is 5.91 Å². The van der Waals surface area contributed by atoms with Gasteiger partial charge in [0.1, 0.15) is 0 Å². The van der Waals surface area contributed by atoms with E-state index in [1.807, 2.05) is 24.3 Å². The Morgan fingerprint density at radius 3 is 2.51 bits per heavy atom. The molecule has 0 saturated heterocycles. The van der Waals surface area contributed by atoms with Crippen LogP contribution in [0.25, 0.3) is 0 Å². The molecule has 186 valence electrons. The predicted octanol–water partition coefficient (Wildman–Crippen LogP) is 4.42. The molecule has 4 rings (SSSR count). The molecule has 1 aliphatic heterocycles. The molecule has 1 heterocycles. The minimum absolute atomic E-state index is 0.0358. The summed E-state index contributed by atoms with van der Waals surface area (Å²) < 4.78 is 39.7. The fraction of sp³-hybridized carbons (Fsp3) is 0.423. The number of Topliss-reactive ketones (excluding diaryl/α,β-unsaturated/α-hetero) is 1. The summed E-state index contributed by atoms with van der Waals surface area (Å²) in [6.07, 6.45) is 3.54. The molecule has 35 heavy (non-hydrogen) atoms. The van der Waals surface area contributed by atoms with Crippen molar-refractivity contribution in [2.75, 3.05) is 25.2 Å². The van der Waals surface area contributed by atoms with Crippen LogP contribution in [0.1, 0.15) is 41.6 Å². The maximum Gasteiger partial charge on any atom is 0.387 e. The number of ketones is 1. The van der Waals surface area contributed by atoms with E-state index in [2.05, 4.69) is 4.74 Å². The van der Waals surface area contributed by atoms with Crippen molar-refractivity contribution in [3.63, 3.8) is 0 Å². The number of hydrogen-bond acceptors (Lipinski definition) is 6. The lowest BCUT2D eigenvalue weighted by Crippen LogP contribution is -2.42. The number of benzene rings is 2. The molecule has 1 fully saturated rings. The monoisotopic (exact) mass is 487 g/mol. The van der Waals surface area contributed by atoms with Crippen LogP contribution in [-0.4, -0.2) is 44.5 Å². The summed E-state index contributed by atoms with van der Waals surface area (Å²) in [7, 11) is 1.26. The van der Waals surface area contributed by atoms with Gasteiger partial charge in [0.15, 0.2) is 23.9 Å². The molecule has 9 heteroatoms. The van der Waals surface area contributed by atoms with Gasteiger partial charge in [0, 0.05) is 17.8 Å². The minimum atomic E-state index is -3.04. The number of rotatable bonds is 8. The molecule has 2 aliphatic rings. The lowest BCUT2D eigenvalue weighted by molar-refractivity contribution is -0.153. The number of ether oxygens (including phenoxy) is 3. The second kappa shape index (κ2) is 10.8. The molecule has 2 aromatic rings. The lowest BCUT2D eigenvalue weighted by Gasteiger charge is -2.32. The Balaban J connectivity index is 1.40. The first-order valence-corrected chi connectivity index (χ1v) is 11.6. The van der Waals surface area contributed by atoms with Crippen molar-refractivity contribution in [2.45, 2.75) is 38.7 Å². The normalized spacial score (nSPS) is 19.3. The van der Waals surface area contributed by atoms with Crippen molar-refractivity contribution < 1.29 is 37.4 Å². The van der Waals surface area contributed by atoms with Gasteiger partial charge in [-0.05, 0) is 49.1 Å². The number of fused-ring (bicyclic) bond motifs is 1. The quantitative estimate of drug-likeness (QED) is 0.405. The Kier molecular flexibility index (Phi) is 7.63. The minimum Gasteiger partial charge on any atom is -0.493 e. The zero-order valence-corrected chi connectivity index (χ0v) is 19.4. The molecular weight excluding hydrogens is 460 g/mol. The van der Waals surface area contributed by atoms with Gasteiger partial charge in [-0.2, -0.15) is 8.78 Å². The number of esters is 1. The van der Waals surface area contributed by atoms with Gasteiger partial charge in [0.05, 0.1) is 18.9 Å². The number of nitrogens with zero attached hydrogens (tertiary/aromatic N) is 1. The van der Waals surface area contributed by atoms with Gasteiger partial charge in [-0.15, -0.1) is 0 Å². The van der Waals surface area contributed by atoms with Crippen LogP contribution < -0.4 is 14.4 Å². The number of hydrogen-bond donors (Lipinski definition) is 0. The first kappa shape index (κ1) is 24.6. The number of carbonyl (C=O) groups excluding carboxylic acids is 3. The highest BCUT2D eigenvalue weighted by Gasteiger charge is 2.40. The highest BCUT2D eigenvalue weighted by Crippen LogP contribution is 2.36. The van der Waals surface area contributed by atoms with Crippen LogP contribution in [0, 0.1) is 11.8 Å². The number of amides is 1. The maximum absolute atomic E-state index is 13.4. The molecular formula is C26H27F2NO6. The van der Waals surface area contributed by atoms with Gasteiger partial charge in [0.25, 0.3) is 0 Å². The van der Waals surface area contributed by atoms with Gasteiger partial charge in [-0.3, -0.25) is 14.4 Å². The van der Waals surface area contributed by atoms with Crippen LogP contribution in [0.15, 0.2) is 42.5 Å². The third kappa shape index (κ3) is 5.44. The molecule has 7 nitrogen and oxygen atoms in total. The smallest absolute Gasteiger partial charge is 0.387 e. The predicted molar refractivity (Wildman–Crippen MR) is 123 cm³/mol. The summed E-state index contributed by atoms with van der Waals surface area (Å²) in [5, 5.41) is 0. The van der Waals surface area contributed by atoms with E-state index in [1.165, 1.54) is 25.3 Å². The van der Waals surface area contributed by atoms with Crippen molar-refractivity contribution in [2.24, 2.45) is 11.8 Å². The lowest BCUT2D eigenvalue weighted by atomic mass is 9.78. The molecule has 0 bridgehead atoms. The molecule has 1 aliphatic carbocycles. The third-order valence-corrected chi connectivity index (χ3v) is 6.59. The Hall–Kier alpha value is -3.49. The summed E-state index contributed by atoms with van der Waals surface area (Å²) >= 11 is 0. The van der Waals surface area contributed by atoms with Crippen LogP contribution in [0.5, 0.6) is 11.5 Å². The number of alkyl halides is 2. The summed E-state index contributed by atoms with van der Waals surface area (Å²) in [6, 6.07) is 11.5. The van der Waals surface area contributed by atoms with E-state index in [-0.39, 0.29) is 23.0 Å². The Bertz CT molecular complexity index is 1100. The second-order valence-corrected chi connectivity index (χ2v) is 8.64. The molecule has 0 spiro atoms. The fourth-order valence-electron chi connectivity index (χ4n) is 4.84. The molecule has 1 saturated carbocycles. The summed E-state index contributed by atoms with van der Waals surface area (Å²) in [6.45, 7) is -2.98. The van der Waals surface area contributed by atoms with Crippen molar-refractivity contribution >= 4 is 23.3 Å². The van der Waals surface area contributed by atoms with Crippen LogP contribution in [-0.2, 0) is 20.7 Å². The summed E-state index contributed by atoms with van der Waals surface area (Å²) in [5.74, 6) is -2.53. The molecule has 2 atom stereocenters. The Labute approximate surface area is 202 Å². The number of carbonyl (C=O) groups is 3. The van der Waals surface area contributed by atoms with Crippen molar-refractivity contribution in [3.05, 3.63) is 53.6 Å². The van der Waals surface area contributed by atoms with E-state index in [9.17, 15) is 23.2 Å². The van der Waals surface area contributed by atoms with Gasteiger partial charge in [-0.1, -0.05) is 31.0 Å². The van der Waals surface area contributed by atoms with Crippen molar-refractivity contribution in [1.82, 2.24) is 0 Å². The third-order valence-electron chi connectivity index (χ3n) is 6.59. The van der Waals surface area contributed by atoms with Crippen LogP contribution >= 0.6 is 0 Å². The standard InChI is InChI=1S/C26H27F2NO6/c1-33-23-14-17(10-11-22(23)35-26(27)28)21(30)15-34-25(32)19-8-4-3-7-18(19)24(31)29-13-12-16-6-2-5-9-20(16)29/h2,5-6,9-11,14,18-19,26H,3-4,7-8,12-13,15H2,1H3. The Morgan fingerprint density at radius 2 is 1.77 bits per heavy atom. The number of para-hydroxylation sites is 1. The van der Waals surface area contributed by atoms with E-state index in [1.54, 1.807) is 4.90 Å². The number of methoxy groups -OCH3 is 1. The largest absolute Gasteiger partial charge is 0.493 e. The number of anilines is 1. The van der Waals surface area contributed by atoms with Gasteiger partial charge in [-0.25, -0.2) is 0 Å². The highest BCUT2D eigenvalue weighted by molar-refractivity contribution is 6.00. The van der Waals surface area contributed by atoms with E-state index in [0.29, 0.717) is 19.4 Å². The molecule has 2 unspecified atom stereocenters. The molecule has 0 aromatic heterocycles. The Morgan fingerprint density at radius 1 is 1.03 bits per heavy atom. The zero-order chi connectivity index (χ0) is 24.9. The van der Waals surface area contributed by atoms with Gasteiger partial charge >= 0.3 is 12.6 Å². The first-order valence-electron chi connectivity index (χ1n) is 11.6. The van der Waals surface area contributed by atoms with Crippen LogP contribution in [0.4, 0.5) is 14.5 Å². The molecule has 0 N–H and O–H groups in total. The van der Waals surface area contributed by atoms with Gasteiger partial charge < -0.3 is 19.1 Å². The summed E-state index contributed by atoms with van der Waals surface area (Å²) in [4.78, 5) is 40.7.